The molecule has 0 aromatic carbocycles. The molecule has 0 atom stereocenters. The van der Waals surface area contributed by atoms with Crippen molar-refractivity contribution >= 4 is 0 Å². The normalized spacial score (nSPS) is 10.1. The molecule has 0 bridgehead atoms. The highest BCUT2D eigenvalue weighted by Crippen LogP contribution is 2.07. The van der Waals surface area contributed by atoms with Gasteiger partial charge < -0.3 is 30.6 Å². The van der Waals surface area contributed by atoms with Crippen LogP contribution in [-0.2, 0) is 0 Å². The van der Waals surface area contributed by atoms with Crippen molar-refractivity contribution in [1.82, 2.24) is 0 Å². The first-order valence-corrected chi connectivity index (χ1v) is 11.0. The Bertz CT molecular complexity index is 198. The van der Waals surface area contributed by atoms with Crippen molar-refractivity contribution in [2.24, 2.45) is 0 Å². The summed E-state index contributed by atoms with van der Waals surface area (Å²) in [5.41, 5.74) is -0.500. The van der Waals surface area contributed by atoms with Crippen LogP contribution in [0.5, 0.6) is 0 Å². The summed E-state index contributed by atoms with van der Waals surface area (Å²) in [6, 6.07) is 0. The average molecular weight is 413 g/mol. The minimum absolute atomic E-state index is 0.250. The topological polar surface area (TPSA) is 121 Å². The highest BCUT2D eigenvalue weighted by atomic mass is 16.3. The molecule has 0 fully saturated rings. The average Bonchev–Trinajstić information content (AvgIpc) is 2.61. The quantitative estimate of drug-likeness (QED) is 0.243. The second-order valence-corrected chi connectivity index (χ2v) is 7.62. The predicted molar refractivity (Wildman–Crippen MR) is 118 cm³/mol. The van der Waals surface area contributed by atoms with Gasteiger partial charge in [-0.2, -0.15) is 0 Å². The Kier molecular flexibility index (Phi) is 43.1. The van der Waals surface area contributed by atoms with E-state index in [1.807, 2.05) is 0 Å². The lowest BCUT2D eigenvalue weighted by molar-refractivity contribution is 0.102. The number of aliphatic hydroxyl groups is 6. The molecule has 6 heteroatoms. The number of hydrogen-bond donors (Lipinski definition) is 6. The third kappa shape index (κ3) is 83.4. The summed E-state index contributed by atoms with van der Waals surface area (Å²) in [5.74, 6) is 0. The Morgan fingerprint density at radius 1 is 0.429 bits per heavy atom. The van der Waals surface area contributed by atoms with Gasteiger partial charge in [-0.05, 0) is 53.4 Å². The first-order valence-electron chi connectivity index (χ1n) is 11.0. The van der Waals surface area contributed by atoms with Gasteiger partial charge in [0.25, 0.3) is 0 Å². The fourth-order valence-corrected chi connectivity index (χ4v) is 1.86. The Balaban J connectivity index is -0.000000155. The molecular formula is C22H52O6. The predicted octanol–water partition coefficient (Wildman–Crippen LogP) is 3.40. The zero-order valence-corrected chi connectivity index (χ0v) is 19.2. The molecule has 28 heavy (non-hydrogen) atoms. The number of rotatable bonds is 14. The van der Waals surface area contributed by atoms with E-state index in [4.69, 9.17) is 30.6 Å². The summed E-state index contributed by atoms with van der Waals surface area (Å²) in [4.78, 5) is 0. The molecule has 0 heterocycles. The first kappa shape index (κ1) is 35.2. The van der Waals surface area contributed by atoms with Gasteiger partial charge in [0.05, 0.1) is 5.60 Å². The van der Waals surface area contributed by atoms with Gasteiger partial charge in [-0.3, -0.25) is 0 Å². The SMILES string of the molecule is CC(C)(C)O.CCO.OCCCCCCCCCCO.OCCCCCCO. The largest absolute Gasteiger partial charge is 0.397 e. The van der Waals surface area contributed by atoms with Crippen LogP contribution < -0.4 is 0 Å². The second-order valence-electron chi connectivity index (χ2n) is 7.62. The lowest BCUT2D eigenvalue weighted by Crippen LogP contribution is -2.10. The summed E-state index contributed by atoms with van der Waals surface area (Å²) in [6.45, 7) is 8.40. The van der Waals surface area contributed by atoms with Crippen LogP contribution in [-0.4, -0.2) is 69.3 Å². The van der Waals surface area contributed by atoms with E-state index in [0.717, 1.165) is 51.4 Å². The molecule has 176 valence electrons. The molecule has 0 aromatic rings. The van der Waals surface area contributed by atoms with Gasteiger partial charge in [-0.1, -0.05) is 51.4 Å². The van der Waals surface area contributed by atoms with Crippen LogP contribution in [0.1, 0.15) is 105 Å². The van der Waals surface area contributed by atoms with E-state index in [2.05, 4.69) is 0 Å². The van der Waals surface area contributed by atoms with E-state index >= 15 is 0 Å². The summed E-state index contributed by atoms with van der Waals surface area (Å²) < 4.78 is 0. The fraction of sp³-hybridized carbons (Fsp3) is 1.00. The van der Waals surface area contributed by atoms with Crippen molar-refractivity contribution < 1.29 is 30.6 Å². The van der Waals surface area contributed by atoms with E-state index in [1.54, 1.807) is 27.7 Å². The zero-order valence-electron chi connectivity index (χ0n) is 19.2. The molecule has 0 amide bonds. The minimum atomic E-state index is -0.500. The van der Waals surface area contributed by atoms with E-state index in [9.17, 15) is 0 Å². The maximum atomic E-state index is 8.52. The molecule has 6 nitrogen and oxygen atoms in total. The van der Waals surface area contributed by atoms with Crippen LogP contribution in [0.25, 0.3) is 0 Å². The first-order chi connectivity index (χ1) is 13.2. The number of aliphatic hydroxyl groups excluding tert-OH is 5. The maximum absolute atomic E-state index is 8.52. The highest BCUT2D eigenvalue weighted by molar-refractivity contribution is 4.51. The Morgan fingerprint density at radius 2 is 0.536 bits per heavy atom. The standard InChI is InChI=1S/C10H22O2.C6H14O2.C4H10O.C2H6O/c11-9-7-5-3-1-2-4-6-8-10-12;7-5-3-1-2-4-6-8;1-4(2,3)5;1-2-3/h11-12H,1-10H2;7-8H,1-6H2;5H,1-3H3;3H,2H2,1H3. The van der Waals surface area contributed by atoms with Crippen LogP contribution in [0.3, 0.4) is 0 Å². The van der Waals surface area contributed by atoms with E-state index in [1.165, 1.54) is 25.7 Å². The number of unbranched alkanes of at least 4 members (excludes halogenated alkanes) is 10. The van der Waals surface area contributed by atoms with Gasteiger partial charge in [-0.15, -0.1) is 0 Å². The van der Waals surface area contributed by atoms with Gasteiger partial charge >= 0.3 is 0 Å². The Morgan fingerprint density at radius 3 is 0.643 bits per heavy atom. The van der Waals surface area contributed by atoms with Crippen molar-refractivity contribution in [3.63, 3.8) is 0 Å². The lowest BCUT2D eigenvalue weighted by atomic mass is 10.1. The van der Waals surface area contributed by atoms with Crippen LogP contribution in [0.2, 0.25) is 0 Å². The molecule has 0 rings (SSSR count). The van der Waals surface area contributed by atoms with Crippen LogP contribution in [0, 0.1) is 0 Å². The minimum Gasteiger partial charge on any atom is -0.397 e. The fourth-order valence-electron chi connectivity index (χ4n) is 1.86. The molecule has 0 unspecified atom stereocenters. The third-order valence-electron chi connectivity index (χ3n) is 3.13. The molecule has 0 saturated heterocycles. The van der Waals surface area contributed by atoms with Crippen LogP contribution >= 0.6 is 0 Å². The zero-order chi connectivity index (χ0) is 22.5. The maximum Gasteiger partial charge on any atom is 0.0563 e. The summed E-state index contributed by atoms with van der Waals surface area (Å²) >= 11 is 0. The van der Waals surface area contributed by atoms with Crippen molar-refractivity contribution in [2.75, 3.05) is 33.0 Å². The molecule has 0 saturated carbocycles. The Labute approximate surface area is 174 Å². The molecule has 6 N–H and O–H groups in total. The van der Waals surface area contributed by atoms with Crippen molar-refractivity contribution in [1.29, 1.82) is 0 Å². The van der Waals surface area contributed by atoms with Gasteiger partial charge in [0.2, 0.25) is 0 Å². The molecule has 0 aliphatic rings. The molecule has 0 aromatic heterocycles. The monoisotopic (exact) mass is 412 g/mol. The van der Waals surface area contributed by atoms with Gasteiger partial charge in [0, 0.05) is 33.0 Å². The van der Waals surface area contributed by atoms with E-state index < -0.39 is 5.60 Å². The molecular weight excluding hydrogens is 360 g/mol. The van der Waals surface area contributed by atoms with Crippen molar-refractivity contribution in [2.45, 2.75) is 110 Å². The summed E-state index contributed by atoms with van der Waals surface area (Å²) in [7, 11) is 0. The van der Waals surface area contributed by atoms with Crippen LogP contribution in [0.15, 0.2) is 0 Å². The Hall–Kier alpha value is -0.240. The lowest BCUT2D eigenvalue weighted by Gasteiger charge is -2.04. The third-order valence-corrected chi connectivity index (χ3v) is 3.13. The smallest absolute Gasteiger partial charge is 0.0563 e. The van der Waals surface area contributed by atoms with Crippen molar-refractivity contribution in [3.05, 3.63) is 0 Å². The van der Waals surface area contributed by atoms with E-state index in [-0.39, 0.29) is 19.8 Å². The van der Waals surface area contributed by atoms with E-state index in [0.29, 0.717) is 13.2 Å². The summed E-state index contributed by atoms with van der Waals surface area (Å²) in [6.07, 6.45) is 13.1. The van der Waals surface area contributed by atoms with Crippen molar-refractivity contribution in [3.8, 4) is 0 Å². The van der Waals surface area contributed by atoms with Gasteiger partial charge in [0.1, 0.15) is 0 Å². The highest BCUT2D eigenvalue weighted by Gasteiger charge is 1.97. The van der Waals surface area contributed by atoms with Crippen LogP contribution in [0.4, 0.5) is 0 Å². The summed E-state index contributed by atoms with van der Waals surface area (Å²) in [5, 5.41) is 49.7. The number of hydrogen-bond acceptors (Lipinski definition) is 6. The molecule has 0 radical (unpaired) electrons. The molecule has 0 spiro atoms. The van der Waals surface area contributed by atoms with Gasteiger partial charge in [0.15, 0.2) is 0 Å². The molecule has 0 aliphatic carbocycles. The second kappa shape index (κ2) is 34.3. The molecule has 0 aliphatic heterocycles. The van der Waals surface area contributed by atoms with Gasteiger partial charge in [-0.25, -0.2) is 0 Å².